The SMILES string of the molecule is C/C=C/[C@H](O[Si](C)(C)C(C)(C)C)[C@@H](C)[C@@H](C[C@H]1OC1CO)O[Si](C)(C)C(C)(C)C. The molecule has 5 atom stereocenters. The van der Waals surface area contributed by atoms with Crippen molar-refractivity contribution in [1.29, 1.82) is 0 Å². The molecule has 0 saturated carbocycles. The van der Waals surface area contributed by atoms with Crippen molar-refractivity contribution >= 4 is 16.6 Å². The van der Waals surface area contributed by atoms with Gasteiger partial charge in [0, 0.05) is 12.3 Å². The van der Waals surface area contributed by atoms with E-state index in [1.165, 1.54) is 0 Å². The molecule has 1 N–H and O–H groups in total. The van der Waals surface area contributed by atoms with E-state index in [-0.39, 0.29) is 47.0 Å². The first-order valence-corrected chi connectivity index (χ1v) is 17.0. The van der Waals surface area contributed by atoms with Gasteiger partial charge in [-0.2, -0.15) is 0 Å². The third-order valence-electron chi connectivity index (χ3n) is 7.31. The van der Waals surface area contributed by atoms with Gasteiger partial charge in [0.1, 0.15) is 6.10 Å². The Labute approximate surface area is 182 Å². The average Bonchev–Trinajstić information content (AvgIpc) is 3.28. The predicted molar refractivity (Wildman–Crippen MR) is 128 cm³/mol. The van der Waals surface area contributed by atoms with Crippen LogP contribution >= 0.6 is 0 Å². The summed E-state index contributed by atoms with van der Waals surface area (Å²) in [6.45, 7) is 27.3. The van der Waals surface area contributed by atoms with E-state index in [0.717, 1.165) is 6.42 Å². The first-order chi connectivity index (χ1) is 13.0. The maximum Gasteiger partial charge on any atom is 0.192 e. The molecule has 1 aliphatic rings. The van der Waals surface area contributed by atoms with Gasteiger partial charge in [0.2, 0.25) is 0 Å². The lowest BCUT2D eigenvalue weighted by Crippen LogP contribution is -2.50. The second kappa shape index (κ2) is 9.66. The monoisotopic (exact) mass is 444 g/mol. The van der Waals surface area contributed by atoms with Crippen LogP contribution in [0.1, 0.15) is 61.8 Å². The van der Waals surface area contributed by atoms with Crippen LogP contribution in [0.15, 0.2) is 12.2 Å². The summed E-state index contributed by atoms with van der Waals surface area (Å²) in [6.07, 6.45) is 5.23. The first-order valence-electron chi connectivity index (χ1n) is 11.2. The van der Waals surface area contributed by atoms with Crippen molar-refractivity contribution in [2.75, 3.05) is 6.61 Å². The Morgan fingerprint density at radius 1 is 0.931 bits per heavy atom. The molecule has 0 aromatic carbocycles. The molecule has 0 amide bonds. The Morgan fingerprint density at radius 3 is 1.79 bits per heavy atom. The zero-order chi connectivity index (χ0) is 22.8. The molecule has 0 spiro atoms. The average molecular weight is 445 g/mol. The Balaban J connectivity index is 3.12. The van der Waals surface area contributed by atoms with Crippen LogP contribution < -0.4 is 0 Å². The maximum absolute atomic E-state index is 9.44. The second-order valence-corrected chi connectivity index (χ2v) is 21.3. The van der Waals surface area contributed by atoms with Gasteiger partial charge in [-0.1, -0.05) is 60.6 Å². The summed E-state index contributed by atoms with van der Waals surface area (Å²) in [5.41, 5.74) is 0. The number of hydrogen-bond acceptors (Lipinski definition) is 4. The van der Waals surface area contributed by atoms with Gasteiger partial charge >= 0.3 is 0 Å². The molecule has 0 aromatic heterocycles. The highest BCUT2D eigenvalue weighted by molar-refractivity contribution is 6.74. The van der Waals surface area contributed by atoms with Crippen LogP contribution in [0.25, 0.3) is 0 Å². The van der Waals surface area contributed by atoms with Gasteiger partial charge in [-0.3, -0.25) is 0 Å². The van der Waals surface area contributed by atoms with Crippen LogP contribution in [-0.2, 0) is 13.6 Å². The van der Waals surface area contributed by atoms with Gasteiger partial charge in [0.05, 0.1) is 24.9 Å². The van der Waals surface area contributed by atoms with E-state index in [4.69, 9.17) is 13.6 Å². The number of epoxide rings is 1. The van der Waals surface area contributed by atoms with E-state index >= 15 is 0 Å². The summed E-state index contributed by atoms with van der Waals surface area (Å²) in [7, 11) is -3.87. The number of aliphatic hydroxyl groups excluding tert-OH is 1. The van der Waals surface area contributed by atoms with Crippen molar-refractivity contribution in [3.8, 4) is 0 Å². The minimum absolute atomic E-state index is 0.0157. The number of aliphatic hydroxyl groups is 1. The standard InChI is InChI=1S/C23H48O4Si2/c1-13-14-18(26-28(9,10)22(3,4)5)17(2)19(15-20-21(16-24)25-20)27-29(11,12)23(6,7)8/h13-14,17-21,24H,15-16H2,1-12H3/b14-13+/t17-,18+,19-,20-,21?/m1/s1. The fraction of sp³-hybridized carbons (Fsp3) is 0.913. The van der Waals surface area contributed by atoms with Crippen molar-refractivity contribution in [2.45, 2.75) is 122 Å². The van der Waals surface area contributed by atoms with Crippen LogP contribution in [0.2, 0.25) is 36.3 Å². The van der Waals surface area contributed by atoms with E-state index in [1.54, 1.807) is 0 Å². The number of ether oxygens (including phenoxy) is 1. The molecule has 1 aliphatic heterocycles. The van der Waals surface area contributed by atoms with Gasteiger partial charge in [-0.05, 0) is 43.2 Å². The largest absolute Gasteiger partial charge is 0.413 e. The highest BCUT2D eigenvalue weighted by Gasteiger charge is 2.47. The number of allylic oxidation sites excluding steroid dienone is 1. The second-order valence-electron chi connectivity index (χ2n) is 11.8. The van der Waals surface area contributed by atoms with E-state index in [2.05, 4.69) is 93.7 Å². The first kappa shape index (κ1) is 27.0. The fourth-order valence-corrected chi connectivity index (χ4v) is 5.69. The summed E-state index contributed by atoms with van der Waals surface area (Å²) in [4.78, 5) is 0. The molecule has 1 rings (SSSR count). The minimum atomic E-state index is -1.95. The molecule has 0 bridgehead atoms. The highest BCUT2D eigenvalue weighted by Crippen LogP contribution is 2.42. The van der Waals surface area contributed by atoms with E-state index in [9.17, 15) is 5.11 Å². The molecule has 6 heteroatoms. The van der Waals surface area contributed by atoms with Crippen LogP contribution in [0.3, 0.4) is 0 Å². The molecule has 29 heavy (non-hydrogen) atoms. The van der Waals surface area contributed by atoms with Crippen LogP contribution in [0.5, 0.6) is 0 Å². The van der Waals surface area contributed by atoms with Crippen molar-refractivity contribution in [3.05, 3.63) is 12.2 Å². The third kappa shape index (κ3) is 7.28. The zero-order valence-corrected chi connectivity index (χ0v) is 23.1. The Hall–Kier alpha value is 0.0138. The molecule has 0 aliphatic carbocycles. The molecule has 1 unspecified atom stereocenters. The zero-order valence-electron chi connectivity index (χ0n) is 21.1. The van der Waals surface area contributed by atoms with Crippen molar-refractivity contribution in [2.24, 2.45) is 5.92 Å². The van der Waals surface area contributed by atoms with Gasteiger partial charge in [-0.15, -0.1) is 0 Å². The molecule has 1 heterocycles. The quantitative estimate of drug-likeness (QED) is 0.250. The highest BCUT2D eigenvalue weighted by atomic mass is 28.4. The summed E-state index contributed by atoms with van der Waals surface area (Å²) in [5, 5.41) is 9.74. The van der Waals surface area contributed by atoms with Gasteiger partial charge in [-0.25, -0.2) is 0 Å². The Bertz CT molecular complexity index is 546. The van der Waals surface area contributed by atoms with E-state index in [1.807, 2.05) is 0 Å². The summed E-state index contributed by atoms with van der Waals surface area (Å²) in [5.74, 6) is 0.206. The normalized spacial score (nSPS) is 24.6. The van der Waals surface area contributed by atoms with Crippen molar-refractivity contribution < 1.29 is 18.7 Å². The van der Waals surface area contributed by atoms with Crippen LogP contribution in [-0.4, -0.2) is 52.8 Å². The van der Waals surface area contributed by atoms with Crippen LogP contribution in [0, 0.1) is 5.92 Å². The molecule has 1 fully saturated rings. The lowest BCUT2D eigenvalue weighted by molar-refractivity contribution is 0.0473. The lowest BCUT2D eigenvalue weighted by Gasteiger charge is -2.44. The molecular weight excluding hydrogens is 396 g/mol. The molecule has 0 radical (unpaired) electrons. The predicted octanol–water partition coefficient (Wildman–Crippen LogP) is 6.13. The summed E-state index contributed by atoms with van der Waals surface area (Å²) in [6, 6.07) is 0. The van der Waals surface area contributed by atoms with Crippen molar-refractivity contribution in [1.82, 2.24) is 0 Å². The minimum Gasteiger partial charge on any atom is -0.413 e. The molecule has 0 aromatic rings. The Morgan fingerprint density at radius 2 is 1.41 bits per heavy atom. The Kier molecular flexibility index (Phi) is 9.01. The van der Waals surface area contributed by atoms with Crippen molar-refractivity contribution in [3.63, 3.8) is 0 Å². The molecule has 1 saturated heterocycles. The van der Waals surface area contributed by atoms with E-state index < -0.39 is 16.6 Å². The summed E-state index contributed by atoms with van der Waals surface area (Å²) < 4.78 is 19.4. The summed E-state index contributed by atoms with van der Waals surface area (Å²) >= 11 is 0. The molecular formula is C23H48O4Si2. The fourth-order valence-electron chi connectivity index (χ4n) is 2.94. The van der Waals surface area contributed by atoms with E-state index in [0.29, 0.717) is 0 Å². The number of hydrogen-bond donors (Lipinski definition) is 1. The van der Waals surface area contributed by atoms with Crippen LogP contribution in [0.4, 0.5) is 0 Å². The van der Waals surface area contributed by atoms with Gasteiger partial charge in [0.15, 0.2) is 16.6 Å². The van der Waals surface area contributed by atoms with Gasteiger partial charge < -0.3 is 18.7 Å². The molecule has 172 valence electrons. The lowest BCUT2D eigenvalue weighted by atomic mass is 9.94. The maximum atomic E-state index is 9.44. The molecule has 4 nitrogen and oxygen atoms in total. The third-order valence-corrected chi connectivity index (χ3v) is 16.3. The number of rotatable bonds is 10. The smallest absolute Gasteiger partial charge is 0.192 e. The van der Waals surface area contributed by atoms with Gasteiger partial charge in [0.25, 0.3) is 0 Å². The topological polar surface area (TPSA) is 51.2 Å².